The van der Waals surface area contributed by atoms with Crippen LogP contribution < -0.4 is 5.32 Å². The monoisotopic (exact) mass is 329 g/mol. The zero-order chi connectivity index (χ0) is 16.8. The molecule has 1 amide bonds. The summed E-state index contributed by atoms with van der Waals surface area (Å²) >= 11 is 0. The number of nitrogens with one attached hydrogen (secondary N) is 2. The second-order valence-electron chi connectivity index (χ2n) is 6.75. The van der Waals surface area contributed by atoms with Gasteiger partial charge in [-0.25, -0.2) is 0 Å². The molecule has 2 aliphatic rings. The third kappa shape index (κ3) is 2.34. The van der Waals surface area contributed by atoms with Gasteiger partial charge in [-0.15, -0.1) is 0 Å². The van der Waals surface area contributed by atoms with Crippen molar-refractivity contribution in [2.45, 2.75) is 51.7 Å². The lowest BCUT2D eigenvalue weighted by Crippen LogP contribution is -2.37. The standard InChI is InChI=1S/C17H23N5O2/c1-9-14(10(2)22(3)21-9)16-13(7-8-24-16)18-17(23)15-11-5-4-6-12(11)19-20-15/h13,16H,4-8H2,1-3H3,(H,18,23)(H,19,20)/t13-,16-/m0/s1. The number of carbonyl (C=O) groups is 1. The van der Waals surface area contributed by atoms with Crippen molar-refractivity contribution in [1.29, 1.82) is 0 Å². The van der Waals surface area contributed by atoms with Crippen LogP contribution in [0.5, 0.6) is 0 Å². The molecule has 4 rings (SSSR count). The second-order valence-corrected chi connectivity index (χ2v) is 6.75. The summed E-state index contributed by atoms with van der Waals surface area (Å²) in [5.74, 6) is -0.103. The quantitative estimate of drug-likeness (QED) is 0.894. The van der Waals surface area contributed by atoms with Crippen LogP contribution in [0.4, 0.5) is 0 Å². The third-order valence-electron chi connectivity index (χ3n) is 5.28. The summed E-state index contributed by atoms with van der Waals surface area (Å²) in [5, 5.41) is 14.8. The van der Waals surface area contributed by atoms with Crippen molar-refractivity contribution >= 4 is 5.91 Å². The van der Waals surface area contributed by atoms with Gasteiger partial charge in [0.2, 0.25) is 0 Å². The highest BCUT2D eigenvalue weighted by molar-refractivity contribution is 5.94. The van der Waals surface area contributed by atoms with Gasteiger partial charge in [0, 0.05) is 36.2 Å². The molecule has 1 aliphatic carbocycles. The van der Waals surface area contributed by atoms with Crippen molar-refractivity contribution in [2.75, 3.05) is 6.61 Å². The Labute approximate surface area is 140 Å². The number of aryl methyl sites for hydroxylation is 3. The number of ether oxygens (including phenoxy) is 1. The van der Waals surface area contributed by atoms with Crippen molar-refractivity contribution in [3.63, 3.8) is 0 Å². The first kappa shape index (κ1) is 15.4. The van der Waals surface area contributed by atoms with Crippen LogP contribution in [0, 0.1) is 13.8 Å². The van der Waals surface area contributed by atoms with E-state index in [1.54, 1.807) is 0 Å². The Morgan fingerprint density at radius 2 is 2.21 bits per heavy atom. The molecule has 2 N–H and O–H groups in total. The predicted molar refractivity (Wildman–Crippen MR) is 87.9 cm³/mol. The predicted octanol–water partition coefficient (Wildman–Crippen LogP) is 1.51. The number of hydrogen-bond donors (Lipinski definition) is 2. The highest BCUT2D eigenvalue weighted by atomic mass is 16.5. The molecule has 7 heteroatoms. The van der Waals surface area contributed by atoms with Crippen molar-refractivity contribution in [3.8, 4) is 0 Å². The van der Waals surface area contributed by atoms with Crippen LogP contribution in [0.15, 0.2) is 0 Å². The Hall–Kier alpha value is -2.15. The van der Waals surface area contributed by atoms with Crippen LogP contribution in [0.25, 0.3) is 0 Å². The van der Waals surface area contributed by atoms with E-state index in [4.69, 9.17) is 4.74 Å². The number of fused-ring (bicyclic) bond motifs is 1. The average molecular weight is 329 g/mol. The normalized spacial score (nSPS) is 22.8. The molecule has 3 heterocycles. The minimum atomic E-state index is -0.144. The Bertz CT molecular complexity index is 791. The molecule has 0 radical (unpaired) electrons. The van der Waals surface area contributed by atoms with Gasteiger partial charge in [-0.3, -0.25) is 14.6 Å². The summed E-state index contributed by atoms with van der Waals surface area (Å²) < 4.78 is 7.81. The van der Waals surface area contributed by atoms with E-state index < -0.39 is 0 Å². The molecule has 2 aromatic rings. The van der Waals surface area contributed by atoms with Crippen molar-refractivity contribution < 1.29 is 9.53 Å². The van der Waals surface area contributed by atoms with Crippen LogP contribution in [-0.4, -0.2) is 38.5 Å². The summed E-state index contributed by atoms with van der Waals surface area (Å²) in [5.41, 5.74) is 5.87. The fourth-order valence-electron chi connectivity index (χ4n) is 3.97. The summed E-state index contributed by atoms with van der Waals surface area (Å²) in [7, 11) is 1.93. The lowest BCUT2D eigenvalue weighted by Gasteiger charge is -2.20. The van der Waals surface area contributed by atoms with E-state index in [0.29, 0.717) is 12.3 Å². The highest BCUT2D eigenvalue weighted by Crippen LogP contribution is 2.33. The Morgan fingerprint density at radius 3 is 2.96 bits per heavy atom. The number of nitrogens with zero attached hydrogens (tertiary/aromatic N) is 3. The summed E-state index contributed by atoms with van der Waals surface area (Å²) in [6.07, 6.45) is 3.66. The maximum Gasteiger partial charge on any atom is 0.272 e. The first-order valence-electron chi connectivity index (χ1n) is 8.55. The molecule has 0 unspecified atom stereocenters. The number of aromatic amines is 1. The molecule has 0 bridgehead atoms. The number of rotatable bonds is 3. The Kier molecular flexibility index (Phi) is 3.68. The van der Waals surface area contributed by atoms with E-state index in [1.807, 2.05) is 25.6 Å². The molecule has 2 atom stereocenters. The number of aromatic nitrogens is 4. The molecule has 7 nitrogen and oxygen atoms in total. The van der Waals surface area contributed by atoms with E-state index in [9.17, 15) is 4.79 Å². The third-order valence-corrected chi connectivity index (χ3v) is 5.28. The van der Waals surface area contributed by atoms with Gasteiger partial charge < -0.3 is 10.1 Å². The molecule has 1 fully saturated rings. The van der Waals surface area contributed by atoms with E-state index in [0.717, 1.165) is 53.9 Å². The highest BCUT2D eigenvalue weighted by Gasteiger charge is 2.35. The van der Waals surface area contributed by atoms with E-state index >= 15 is 0 Å². The largest absolute Gasteiger partial charge is 0.371 e. The summed E-state index contributed by atoms with van der Waals surface area (Å²) in [6.45, 7) is 4.67. The van der Waals surface area contributed by atoms with Gasteiger partial charge in [0.05, 0.1) is 11.7 Å². The number of hydrogen-bond acceptors (Lipinski definition) is 4. The molecule has 24 heavy (non-hydrogen) atoms. The Morgan fingerprint density at radius 1 is 1.38 bits per heavy atom. The molecule has 1 aliphatic heterocycles. The van der Waals surface area contributed by atoms with E-state index in [-0.39, 0.29) is 18.1 Å². The second kappa shape index (κ2) is 5.73. The summed E-state index contributed by atoms with van der Waals surface area (Å²) in [4.78, 5) is 12.7. The smallest absolute Gasteiger partial charge is 0.272 e. The first-order chi connectivity index (χ1) is 11.6. The molecular formula is C17H23N5O2. The van der Waals surface area contributed by atoms with Gasteiger partial charge in [0.15, 0.2) is 5.69 Å². The van der Waals surface area contributed by atoms with Gasteiger partial charge in [0.25, 0.3) is 5.91 Å². The van der Waals surface area contributed by atoms with Crippen LogP contribution >= 0.6 is 0 Å². The molecule has 0 aromatic carbocycles. The molecule has 128 valence electrons. The van der Waals surface area contributed by atoms with Crippen LogP contribution in [0.3, 0.4) is 0 Å². The molecule has 2 aromatic heterocycles. The van der Waals surface area contributed by atoms with Crippen molar-refractivity contribution in [3.05, 3.63) is 33.9 Å². The first-order valence-corrected chi connectivity index (χ1v) is 8.55. The molecule has 0 saturated carbocycles. The molecule has 1 saturated heterocycles. The molecular weight excluding hydrogens is 306 g/mol. The van der Waals surface area contributed by atoms with Gasteiger partial charge in [0.1, 0.15) is 6.10 Å². The topological polar surface area (TPSA) is 84.8 Å². The SMILES string of the molecule is Cc1nn(C)c(C)c1[C@H]1OCC[C@@H]1NC(=O)c1n[nH]c2c1CCC2. The zero-order valence-electron chi connectivity index (χ0n) is 14.3. The maximum absolute atomic E-state index is 12.7. The number of amides is 1. The minimum Gasteiger partial charge on any atom is -0.371 e. The fourth-order valence-corrected chi connectivity index (χ4v) is 3.97. The van der Waals surface area contributed by atoms with Crippen LogP contribution in [-0.2, 0) is 24.6 Å². The maximum atomic E-state index is 12.7. The van der Waals surface area contributed by atoms with Crippen LogP contribution in [0.2, 0.25) is 0 Å². The lowest BCUT2D eigenvalue weighted by molar-refractivity contribution is 0.0813. The number of carbonyl (C=O) groups excluding carboxylic acids is 1. The minimum absolute atomic E-state index is 0.0483. The van der Waals surface area contributed by atoms with Crippen LogP contribution in [0.1, 0.15) is 57.6 Å². The average Bonchev–Trinajstić information content (AvgIpc) is 3.26. The Balaban J connectivity index is 1.56. The van der Waals surface area contributed by atoms with Gasteiger partial charge in [-0.2, -0.15) is 10.2 Å². The van der Waals surface area contributed by atoms with Crippen molar-refractivity contribution in [2.24, 2.45) is 7.05 Å². The van der Waals surface area contributed by atoms with Gasteiger partial charge >= 0.3 is 0 Å². The molecule has 0 spiro atoms. The van der Waals surface area contributed by atoms with E-state index in [1.165, 1.54) is 0 Å². The van der Waals surface area contributed by atoms with Gasteiger partial charge in [-0.05, 0) is 39.5 Å². The lowest BCUT2D eigenvalue weighted by atomic mass is 10.00. The summed E-state index contributed by atoms with van der Waals surface area (Å²) in [6, 6.07) is -0.0483. The van der Waals surface area contributed by atoms with E-state index in [2.05, 4.69) is 20.6 Å². The van der Waals surface area contributed by atoms with Gasteiger partial charge in [-0.1, -0.05) is 0 Å². The van der Waals surface area contributed by atoms with Crippen molar-refractivity contribution in [1.82, 2.24) is 25.3 Å². The fraction of sp³-hybridized carbons (Fsp3) is 0.588. The number of H-pyrrole nitrogens is 1. The zero-order valence-corrected chi connectivity index (χ0v) is 14.3.